The van der Waals surface area contributed by atoms with Gasteiger partial charge < -0.3 is 20.7 Å². The lowest BCUT2D eigenvalue weighted by Crippen LogP contribution is -2.22. The minimum Gasteiger partial charge on any atom is -0.360 e. The van der Waals surface area contributed by atoms with E-state index in [1.807, 2.05) is 0 Å². The minimum atomic E-state index is -0.371. The highest BCUT2D eigenvalue weighted by Crippen LogP contribution is 2.29. The molecule has 1 aliphatic heterocycles. The molecule has 102 valence electrons. The molecule has 8 heteroatoms. The van der Waals surface area contributed by atoms with Crippen LogP contribution in [-0.4, -0.2) is 33.4 Å². The standard InChI is InChI=1S/C11H15N5O2S/c17-16(18)10-9(14-11-15(10)6-7-19-11)13-8-2-1-4-12-5-3-8/h6-8,12-13H,1-5H2. The first-order valence-corrected chi connectivity index (χ1v) is 7.21. The van der Waals surface area contributed by atoms with E-state index in [0.29, 0.717) is 10.8 Å². The zero-order valence-electron chi connectivity index (χ0n) is 10.3. The number of nitrogens with zero attached hydrogens (tertiary/aromatic N) is 3. The van der Waals surface area contributed by atoms with Crippen molar-refractivity contribution in [1.82, 2.24) is 14.7 Å². The summed E-state index contributed by atoms with van der Waals surface area (Å²) in [6, 6.07) is 0.248. The third-order valence-electron chi connectivity index (χ3n) is 3.33. The maximum Gasteiger partial charge on any atom is 0.372 e. The fraction of sp³-hybridized carbons (Fsp3) is 0.545. The van der Waals surface area contributed by atoms with Crippen molar-refractivity contribution in [3.63, 3.8) is 0 Å². The van der Waals surface area contributed by atoms with E-state index in [1.165, 1.54) is 15.7 Å². The minimum absolute atomic E-state index is 0.0356. The Bertz CT molecular complexity index is 585. The Morgan fingerprint density at radius 1 is 1.53 bits per heavy atom. The zero-order valence-corrected chi connectivity index (χ0v) is 11.2. The van der Waals surface area contributed by atoms with Gasteiger partial charge in [-0.2, -0.15) is 9.38 Å². The summed E-state index contributed by atoms with van der Waals surface area (Å²) in [6.07, 6.45) is 4.73. The number of anilines is 1. The van der Waals surface area contributed by atoms with Crippen LogP contribution < -0.4 is 10.6 Å². The van der Waals surface area contributed by atoms with Gasteiger partial charge >= 0.3 is 5.82 Å². The summed E-state index contributed by atoms with van der Waals surface area (Å²) in [4.78, 5) is 15.8. The van der Waals surface area contributed by atoms with Gasteiger partial charge in [0.25, 0.3) is 4.96 Å². The molecule has 3 rings (SSSR count). The van der Waals surface area contributed by atoms with Gasteiger partial charge in [-0.25, -0.2) is 0 Å². The van der Waals surface area contributed by atoms with Crippen LogP contribution in [0.2, 0.25) is 0 Å². The first-order chi connectivity index (χ1) is 9.25. The summed E-state index contributed by atoms with van der Waals surface area (Å²) < 4.78 is 1.53. The van der Waals surface area contributed by atoms with Crippen LogP contribution in [0.3, 0.4) is 0 Å². The fourth-order valence-corrected chi connectivity index (χ4v) is 3.11. The van der Waals surface area contributed by atoms with E-state index in [2.05, 4.69) is 15.6 Å². The molecule has 1 aliphatic rings. The van der Waals surface area contributed by atoms with Gasteiger partial charge in [-0.05, 0) is 37.3 Å². The summed E-state index contributed by atoms with van der Waals surface area (Å²) in [7, 11) is 0. The number of rotatable bonds is 3. The van der Waals surface area contributed by atoms with E-state index in [1.54, 1.807) is 11.6 Å². The van der Waals surface area contributed by atoms with Crippen LogP contribution >= 0.6 is 11.3 Å². The Kier molecular flexibility index (Phi) is 3.34. The summed E-state index contributed by atoms with van der Waals surface area (Å²) in [5.74, 6) is 0.428. The molecular weight excluding hydrogens is 266 g/mol. The molecule has 0 amide bonds. The van der Waals surface area contributed by atoms with Crippen molar-refractivity contribution in [3.8, 4) is 0 Å². The summed E-state index contributed by atoms with van der Waals surface area (Å²) in [5, 5.41) is 19.6. The molecular formula is C11H15N5O2S. The molecule has 1 unspecified atom stereocenters. The molecule has 7 nitrogen and oxygen atoms in total. The third kappa shape index (κ3) is 2.41. The van der Waals surface area contributed by atoms with Crippen LogP contribution in [0.4, 0.5) is 11.6 Å². The maximum absolute atomic E-state index is 11.2. The fourth-order valence-electron chi connectivity index (χ4n) is 2.40. The van der Waals surface area contributed by atoms with Gasteiger partial charge in [0.2, 0.25) is 5.82 Å². The van der Waals surface area contributed by atoms with Crippen molar-refractivity contribution in [2.24, 2.45) is 0 Å². The first kappa shape index (κ1) is 12.4. The number of hydrogen-bond acceptors (Lipinski definition) is 6. The van der Waals surface area contributed by atoms with Crippen molar-refractivity contribution in [2.45, 2.75) is 25.3 Å². The molecule has 0 bridgehead atoms. The van der Waals surface area contributed by atoms with Crippen LogP contribution in [0.1, 0.15) is 19.3 Å². The Balaban J connectivity index is 1.88. The number of aromatic nitrogens is 2. The quantitative estimate of drug-likeness (QED) is 0.662. The summed E-state index contributed by atoms with van der Waals surface area (Å²) in [5.41, 5.74) is 0. The highest BCUT2D eigenvalue weighted by molar-refractivity contribution is 7.15. The maximum atomic E-state index is 11.2. The van der Waals surface area contributed by atoms with E-state index < -0.39 is 0 Å². The molecule has 0 aromatic carbocycles. The lowest BCUT2D eigenvalue weighted by atomic mass is 10.1. The van der Waals surface area contributed by atoms with Gasteiger partial charge in [0, 0.05) is 11.4 Å². The van der Waals surface area contributed by atoms with Crippen molar-refractivity contribution >= 4 is 27.9 Å². The topological polar surface area (TPSA) is 84.5 Å². The first-order valence-electron chi connectivity index (χ1n) is 6.33. The lowest BCUT2D eigenvalue weighted by molar-refractivity contribution is -0.389. The van der Waals surface area contributed by atoms with E-state index >= 15 is 0 Å². The number of hydrogen-bond donors (Lipinski definition) is 2. The number of imidazole rings is 1. The van der Waals surface area contributed by atoms with Crippen LogP contribution in [-0.2, 0) is 0 Å². The molecule has 0 spiro atoms. The van der Waals surface area contributed by atoms with Gasteiger partial charge in [-0.3, -0.25) is 0 Å². The molecule has 0 saturated carbocycles. The Morgan fingerprint density at radius 3 is 3.26 bits per heavy atom. The molecule has 0 aliphatic carbocycles. The molecule has 2 aromatic heterocycles. The van der Waals surface area contributed by atoms with Crippen molar-refractivity contribution in [1.29, 1.82) is 0 Å². The molecule has 1 fully saturated rings. The smallest absolute Gasteiger partial charge is 0.360 e. The average Bonchev–Trinajstić information content (AvgIpc) is 2.81. The number of thiazole rings is 1. The van der Waals surface area contributed by atoms with Crippen molar-refractivity contribution in [2.75, 3.05) is 18.4 Å². The molecule has 2 N–H and O–H groups in total. The van der Waals surface area contributed by atoms with E-state index in [0.717, 1.165) is 32.4 Å². The molecule has 3 heterocycles. The SMILES string of the molecule is O=[N+]([O-])c1c(NC2CCCNCC2)nc2sccn12. The van der Waals surface area contributed by atoms with E-state index in [4.69, 9.17) is 0 Å². The van der Waals surface area contributed by atoms with Crippen LogP contribution in [0, 0.1) is 10.1 Å². The zero-order chi connectivity index (χ0) is 13.2. The van der Waals surface area contributed by atoms with Crippen molar-refractivity contribution < 1.29 is 4.92 Å². The van der Waals surface area contributed by atoms with Crippen molar-refractivity contribution in [3.05, 3.63) is 21.7 Å². The van der Waals surface area contributed by atoms with Gasteiger partial charge in [0.15, 0.2) is 0 Å². The predicted octanol–water partition coefficient (Wildman–Crippen LogP) is 1.86. The number of fused-ring (bicyclic) bond motifs is 1. The lowest BCUT2D eigenvalue weighted by Gasteiger charge is -2.14. The molecule has 1 saturated heterocycles. The van der Waals surface area contributed by atoms with Gasteiger partial charge in [-0.1, -0.05) is 11.3 Å². The Morgan fingerprint density at radius 2 is 2.42 bits per heavy atom. The highest BCUT2D eigenvalue weighted by Gasteiger charge is 2.25. The molecule has 0 radical (unpaired) electrons. The predicted molar refractivity (Wildman–Crippen MR) is 73.9 cm³/mol. The molecule has 19 heavy (non-hydrogen) atoms. The van der Waals surface area contributed by atoms with Gasteiger partial charge in [0.05, 0.1) is 0 Å². The van der Waals surface area contributed by atoms with Crippen LogP contribution in [0.25, 0.3) is 4.96 Å². The molecule has 1 atom stereocenters. The van der Waals surface area contributed by atoms with Gasteiger partial charge in [0.1, 0.15) is 6.20 Å². The normalized spacial score (nSPS) is 20.3. The van der Waals surface area contributed by atoms with Gasteiger partial charge in [-0.15, -0.1) is 0 Å². The number of nitro groups is 1. The second-order valence-corrected chi connectivity index (χ2v) is 5.49. The van der Waals surface area contributed by atoms with Crippen LogP contribution in [0.15, 0.2) is 11.6 Å². The second-order valence-electron chi connectivity index (χ2n) is 4.62. The van der Waals surface area contributed by atoms with E-state index in [9.17, 15) is 10.1 Å². The Labute approximate surface area is 113 Å². The van der Waals surface area contributed by atoms with Crippen LogP contribution in [0.5, 0.6) is 0 Å². The number of nitrogens with one attached hydrogen (secondary N) is 2. The second kappa shape index (κ2) is 5.14. The van der Waals surface area contributed by atoms with E-state index in [-0.39, 0.29) is 16.8 Å². The molecule has 2 aromatic rings. The monoisotopic (exact) mass is 281 g/mol. The average molecular weight is 281 g/mol. The third-order valence-corrected chi connectivity index (χ3v) is 4.08. The largest absolute Gasteiger partial charge is 0.372 e. The Hall–Kier alpha value is -1.67. The highest BCUT2D eigenvalue weighted by atomic mass is 32.1. The summed E-state index contributed by atoms with van der Waals surface area (Å²) in [6.45, 7) is 1.95. The summed E-state index contributed by atoms with van der Waals surface area (Å²) >= 11 is 1.40.